The van der Waals surface area contributed by atoms with Crippen LogP contribution >= 0.6 is 15.9 Å². The fourth-order valence-electron chi connectivity index (χ4n) is 1.07. The van der Waals surface area contributed by atoms with Gasteiger partial charge in [0.15, 0.2) is 0 Å². The third kappa shape index (κ3) is 1.86. The third-order valence-electron chi connectivity index (χ3n) is 1.72. The molecule has 0 saturated heterocycles. The Bertz CT molecular complexity index is 289. The van der Waals surface area contributed by atoms with E-state index < -0.39 is 0 Å². The first kappa shape index (κ1) is 9.27. The van der Waals surface area contributed by atoms with E-state index in [-0.39, 0.29) is 4.83 Å². The summed E-state index contributed by atoms with van der Waals surface area (Å²) in [6, 6.07) is 8.13. The van der Waals surface area contributed by atoms with Crippen molar-refractivity contribution in [3.63, 3.8) is 0 Å². The molecule has 1 heteroatoms. The Hall–Kier alpha value is -0.820. The quantitative estimate of drug-likeness (QED) is 0.537. The summed E-state index contributed by atoms with van der Waals surface area (Å²) < 4.78 is 0. The van der Waals surface area contributed by atoms with Gasteiger partial charge in [0.25, 0.3) is 0 Å². The van der Waals surface area contributed by atoms with E-state index in [0.29, 0.717) is 0 Å². The lowest BCUT2D eigenvalue weighted by atomic mass is 10.0. The standard InChI is InChI=1S/C11H11Br/c1-3-9-7-5-6-8-10(9)11(12)4-2/h3-8,11H,1-2H2. The lowest BCUT2D eigenvalue weighted by Gasteiger charge is -2.07. The highest BCUT2D eigenvalue weighted by Gasteiger charge is 2.04. The fourth-order valence-corrected chi connectivity index (χ4v) is 1.49. The lowest BCUT2D eigenvalue weighted by Crippen LogP contribution is -1.88. The minimum absolute atomic E-state index is 0.215. The van der Waals surface area contributed by atoms with Crippen molar-refractivity contribution in [1.82, 2.24) is 0 Å². The molecule has 1 atom stereocenters. The Morgan fingerprint density at radius 2 is 1.92 bits per heavy atom. The average molecular weight is 223 g/mol. The molecule has 1 aromatic rings. The number of benzene rings is 1. The predicted molar refractivity (Wildman–Crippen MR) is 58.4 cm³/mol. The summed E-state index contributed by atoms with van der Waals surface area (Å²) in [5.74, 6) is 0. The van der Waals surface area contributed by atoms with Crippen LogP contribution in [0.5, 0.6) is 0 Å². The number of alkyl halides is 1. The molecule has 62 valence electrons. The molecule has 0 heterocycles. The number of rotatable bonds is 3. The molecule has 0 aromatic heterocycles. The van der Waals surface area contributed by atoms with Crippen LogP contribution in [0, 0.1) is 0 Å². The normalized spacial score (nSPS) is 12.1. The van der Waals surface area contributed by atoms with Crippen molar-refractivity contribution in [2.75, 3.05) is 0 Å². The molecule has 0 spiro atoms. The van der Waals surface area contributed by atoms with Crippen LogP contribution in [0.3, 0.4) is 0 Å². The smallest absolute Gasteiger partial charge is 0.0578 e. The number of halogens is 1. The summed E-state index contributed by atoms with van der Waals surface area (Å²) in [5, 5.41) is 0. The minimum atomic E-state index is 0.215. The van der Waals surface area contributed by atoms with Gasteiger partial charge in [0.2, 0.25) is 0 Å². The zero-order valence-electron chi connectivity index (χ0n) is 6.83. The zero-order chi connectivity index (χ0) is 8.97. The van der Waals surface area contributed by atoms with Gasteiger partial charge in [0.05, 0.1) is 4.83 Å². The monoisotopic (exact) mass is 222 g/mol. The van der Waals surface area contributed by atoms with Crippen LogP contribution < -0.4 is 0 Å². The van der Waals surface area contributed by atoms with Gasteiger partial charge >= 0.3 is 0 Å². The lowest BCUT2D eigenvalue weighted by molar-refractivity contribution is 1.25. The van der Waals surface area contributed by atoms with Gasteiger partial charge in [-0.1, -0.05) is 58.9 Å². The van der Waals surface area contributed by atoms with Gasteiger partial charge in [0, 0.05) is 0 Å². The summed E-state index contributed by atoms with van der Waals surface area (Å²) in [5.41, 5.74) is 2.36. The van der Waals surface area contributed by atoms with Gasteiger partial charge in [-0.15, -0.1) is 6.58 Å². The first-order valence-electron chi connectivity index (χ1n) is 3.77. The highest BCUT2D eigenvalue weighted by atomic mass is 79.9. The summed E-state index contributed by atoms with van der Waals surface area (Å²) >= 11 is 3.51. The van der Waals surface area contributed by atoms with Crippen molar-refractivity contribution in [2.24, 2.45) is 0 Å². The molecule has 0 aliphatic heterocycles. The first-order chi connectivity index (χ1) is 5.79. The Kier molecular flexibility index (Phi) is 3.30. The van der Waals surface area contributed by atoms with Crippen molar-refractivity contribution in [3.8, 4) is 0 Å². The molecular weight excluding hydrogens is 212 g/mol. The van der Waals surface area contributed by atoms with Crippen LogP contribution in [0.25, 0.3) is 6.08 Å². The van der Waals surface area contributed by atoms with E-state index in [4.69, 9.17) is 0 Å². The Labute approximate surface area is 81.7 Å². The Morgan fingerprint density at radius 3 is 2.50 bits per heavy atom. The summed E-state index contributed by atoms with van der Waals surface area (Å²) in [7, 11) is 0. The van der Waals surface area contributed by atoms with E-state index in [1.807, 2.05) is 30.4 Å². The molecule has 0 bridgehead atoms. The summed E-state index contributed by atoms with van der Waals surface area (Å²) in [6.07, 6.45) is 3.72. The molecule has 0 fully saturated rings. The highest BCUT2D eigenvalue weighted by molar-refractivity contribution is 9.09. The van der Waals surface area contributed by atoms with Gasteiger partial charge in [-0.25, -0.2) is 0 Å². The topological polar surface area (TPSA) is 0 Å². The molecule has 12 heavy (non-hydrogen) atoms. The molecule has 0 saturated carbocycles. The molecule has 0 aliphatic rings. The van der Waals surface area contributed by atoms with E-state index in [1.54, 1.807) is 0 Å². The second kappa shape index (κ2) is 4.27. The van der Waals surface area contributed by atoms with Crippen LogP contribution in [-0.4, -0.2) is 0 Å². The Balaban J connectivity index is 3.12. The van der Waals surface area contributed by atoms with E-state index in [1.165, 1.54) is 5.56 Å². The van der Waals surface area contributed by atoms with Crippen LogP contribution in [-0.2, 0) is 0 Å². The second-order valence-corrected chi connectivity index (χ2v) is 3.46. The minimum Gasteiger partial charge on any atom is -0.102 e. The summed E-state index contributed by atoms with van der Waals surface area (Å²) in [6.45, 7) is 7.48. The van der Waals surface area contributed by atoms with Gasteiger partial charge in [0.1, 0.15) is 0 Å². The van der Waals surface area contributed by atoms with Gasteiger partial charge in [-0.3, -0.25) is 0 Å². The zero-order valence-corrected chi connectivity index (χ0v) is 8.42. The van der Waals surface area contributed by atoms with Crippen molar-refractivity contribution < 1.29 is 0 Å². The molecule has 0 amide bonds. The highest BCUT2D eigenvalue weighted by Crippen LogP contribution is 2.27. The average Bonchev–Trinajstić information content (AvgIpc) is 2.16. The Morgan fingerprint density at radius 1 is 1.25 bits per heavy atom. The SMILES string of the molecule is C=Cc1ccccc1C(Br)C=C. The largest absolute Gasteiger partial charge is 0.102 e. The van der Waals surface area contributed by atoms with Gasteiger partial charge in [-0.05, 0) is 11.1 Å². The van der Waals surface area contributed by atoms with E-state index >= 15 is 0 Å². The third-order valence-corrected chi connectivity index (χ3v) is 2.59. The maximum absolute atomic E-state index is 3.75. The predicted octanol–water partition coefficient (Wildman–Crippen LogP) is 3.95. The van der Waals surface area contributed by atoms with Crippen molar-refractivity contribution in [1.29, 1.82) is 0 Å². The van der Waals surface area contributed by atoms with Crippen LogP contribution in [0.15, 0.2) is 43.5 Å². The fraction of sp³-hybridized carbons (Fsp3) is 0.0909. The molecule has 1 rings (SSSR count). The van der Waals surface area contributed by atoms with E-state index in [2.05, 4.69) is 35.2 Å². The molecule has 1 aromatic carbocycles. The second-order valence-electron chi connectivity index (χ2n) is 2.47. The maximum atomic E-state index is 3.75. The summed E-state index contributed by atoms with van der Waals surface area (Å²) in [4.78, 5) is 0.215. The van der Waals surface area contributed by atoms with Crippen LogP contribution in [0.4, 0.5) is 0 Å². The van der Waals surface area contributed by atoms with Crippen molar-refractivity contribution in [2.45, 2.75) is 4.83 Å². The number of hydrogen-bond acceptors (Lipinski definition) is 0. The number of allylic oxidation sites excluding steroid dienone is 1. The first-order valence-corrected chi connectivity index (χ1v) is 4.69. The molecular formula is C11H11Br. The molecule has 0 N–H and O–H groups in total. The molecule has 0 aliphatic carbocycles. The van der Waals surface area contributed by atoms with E-state index in [0.717, 1.165) is 5.56 Å². The van der Waals surface area contributed by atoms with Gasteiger partial charge < -0.3 is 0 Å². The van der Waals surface area contributed by atoms with Crippen molar-refractivity contribution in [3.05, 3.63) is 54.6 Å². The molecule has 1 unspecified atom stereocenters. The molecule has 0 radical (unpaired) electrons. The molecule has 0 nitrogen and oxygen atoms in total. The van der Waals surface area contributed by atoms with Crippen molar-refractivity contribution >= 4 is 22.0 Å². The van der Waals surface area contributed by atoms with Gasteiger partial charge in [-0.2, -0.15) is 0 Å². The van der Waals surface area contributed by atoms with E-state index in [9.17, 15) is 0 Å². The number of hydrogen-bond donors (Lipinski definition) is 0. The maximum Gasteiger partial charge on any atom is 0.0578 e. The van der Waals surface area contributed by atoms with Crippen LogP contribution in [0.1, 0.15) is 16.0 Å². The van der Waals surface area contributed by atoms with Crippen LogP contribution in [0.2, 0.25) is 0 Å².